The van der Waals surface area contributed by atoms with Gasteiger partial charge in [-0.05, 0) is 44.0 Å². The molecule has 0 aliphatic rings. The average Bonchev–Trinajstić information content (AvgIpc) is 3.00. The monoisotopic (exact) mass is 331 g/mol. The Hall–Kier alpha value is -2.01. The molecular formula is C18H25N3OS. The summed E-state index contributed by atoms with van der Waals surface area (Å²) in [5.74, 6) is 1.78. The quantitative estimate of drug-likeness (QED) is 0.441. The number of unbranched alkanes of at least 4 members (excludes halogenated alkanes) is 1. The van der Waals surface area contributed by atoms with E-state index in [9.17, 15) is 0 Å². The molecule has 0 bridgehead atoms. The smallest absolute Gasteiger partial charge is 0.191 e. The first-order chi connectivity index (χ1) is 11.3. The van der Waals surface area contributed by atoms with Crippen LogP contribution in [0.3, 0.4) is 0 Å². The van der Waals surface area contributed by atoms with Crippen molar-refractivity contribution in [1.29, 1.82) is 0 Å². The average molecular weight is 331 g/mol. The summed E-state index contributed by atoms with van der Waals surface area (Å²) in [4.78, 5) is 6.90. The summed E-state index contributed by atoms with van der Waals surface area (Å²) in [6.45, 7) is 4.57. The molecule has 0 aliphatic carbocycles. The number of nitrogens with one attached hydrogen (secondary N) is 2. The van der Waals surface area contributed by atoms with Crippen LogP contribution < -0.4 is 15.4 Å². The highest BCUT2D eigenvalue weighted by atomic mass is 32.1. The van der Waals surface area contributed by atoms with Crippen molar-refractivity contribution >= 4 is 17.3 Å². The van der Waals surface area contributed by atoms with Crippen LogP contribution in [0.5, 0.6) is 5.75 Å². The van der Waals surface area contributed by atoms with Crippen LogP contribution in [0.15, 0.2) is 47.5 Å². The van der Waals surface area contributed by atoms with Crippen molar-refractivity contribution in [2.75, 3.05) is 20.2 Å². The minimum absolute atomic E-state index is 0.742. The van der Waals surface area contributed by atoms with Crippen LogP contribution in [-0.4, -0.2) is 26.2 Å². The van der Waals surface area contributed by atoms with Gasteiger partial charge in [-0.3, -0.25) is 4.99 Å². The Morgan fingerprint density at radius 1 is 1.09 bits per heavy atom. The zero-order valence-corrected chi connectivity index (χ0v) is 14.7. The number of benzene rings is 1. The van der Waals surface area contributed by atoms with E-state index in [0.29, 0.717) is 0 Å². The lowest BCUT2D eigenvalue weighted by Crippen LogP contribution is -2.37. The molecule has 0 saturated carbocycles. The van der Waals surface area contributed by atoms with Gasteiger partial charge in [0, 0.05) is 23.3 Å². The molecule has 0 atom stereocenters. The highest BCUT2D eigenvalue weighted by Gasteiger charge is 2.00. The van der Waals surface area contributed by atoms with Gasteiger partial charge in [-0.15, -0.1) is 11.3 Å². The Morgan fingerprint density at radius 3 is 2.61 bits per heavy atom. The molecule has 2 rings (SSSR count). The van der Waals surface area contributed by atoms with Crippen LogP contribution in [0.25, 0.3) is 0 Å². The van der Waals surface area contributed by atoms with E-state index in [1.807, 2.05) is 41.7 Å². The van der Waals surface area contributed by atoms with Crippen LogP contribution in [0.2, 0.25) is 0 Å². The molecule has 1 aromatic carbocycles. The van der Waals surface area contributed by atoms with E-state index in [-0.39, 0.29) is 0 Å². The Bertz CT molecular complexity index is 595. The van der Waals surface area contributed by atoms with E-state index in [2.05, 4.69) is 34.7 Å². The molecule has 0 unspecified atom stereocenters. The van der Waals surface area contributed by atoms with E-state index >= 15 is 0 Å². The maximum atomic E-state index is 5.67. The molecule has 124 valence electrons. The van der Waals surface area contributed by atoms with Crippen LogP contribution in [-0.2, 0) is 6.54 Å². The summed E-state index contributed by atoms with van der Waals surface area (Å²) in [7, 11) is 1.80. The number of rotatable bonds is 8. The molecule has 0 spiro atoms. The second-order valence-electron chi connectivity index (χ2n) is 5.23. The van der Waals surface area contributed by atoms with Gasteiger partial charge in [-0.1, -0.05) is 18.2 Å². The van der Waals surface area contributed by atoms with Crippen molar-refractivity contribution in [3.05, 3.63) is 52.2 Å². The number of guanidine groups is 1. The second-order valence-corrected chi connectivity index (χ2v) is 6.61. The Balaban J connectivity index is 1.55. The zero-order chi connectivity index (χ0) is 16.3. The fourth-order valence-electron chi connectivity index (χ4n) is 2.11. The Labute approximate surface area is 142 Å². The molecule has 2 aromatic rings. The largest absolute Gasteiger partial charge is 0.494 e. The van der Waals surface area contributed by atoms with Gasteiger partial charge in [0.2, 0.25) is 0 Å². The van der Waals surface area contributed by atoms with Crippen molar-refractivity contribution < 1.29 is 4.74 Å². The molecule has 5 heteroatoms. The summed E-state index contributed by atoms with van der Waals surface area (Å²) in [5, 5.41) is 6.67. The number of ether oxygens (including phenoxy) is 1. The van der Waals surface area contributed by atoms with E-state index < -0.39 is 0 Å². The third kappa shape index (κ3) is 6.74. The van der Waals surface area contributed by atoms with Crippen LogP contribution in [0, 0.1) is 6.92 Å². The molecule has 1 aromatic heterocycles. The fraction of sp³-hybridized carbons (Fsp3) is 0.389. The second kappa shape index (κ2) is 9.90. The minimum Gasteiger partial charge on any atom is -0.494 e. The maximum absolute atomic E-state index is 5.67. The van der Waals surface area contributed by atoms with E-state index in [0.717, 1.165) is 44.2 Å². The summed E-state index contributed by atoms with van der Waals surface area (Å²) in [5.41, 5.74) is 0. The predicted octanol–water partition coefficient (Wildman–Crippen LogP) is 3.58. The number of hydrogen-bond acceptors (Lipinski definition) is 3. The first-order valence-electron chi connectivity index (χ1n) is 7.95. The minimum atomic E-state index is 0.742. The normalized spacial score (nSPS) is 11.3. The van der Waals surface area contributed by atoms with Crippen molar-refractivity contribution in [1.82, 2.24) is 10.6 Å². The van der Waals surface area contributed by atoms with Gasteiger partial charge < -0.3 is 15.4 Å². The van der Waals surface area contributed by atoms with Gasteiger partial charge in [-0.25, -0.2) is 0 Å². The van der Waals surface area contributed by atoms with E-state index in [1.54, 1.807) is 7.05 Å². The lowest BCUT2D eigenvalue weighted by Gasteiger charge is -2.11. The lowest BCUT2D eigenvalue weighted by atomic mass is 10.3. The Morgan fingerprint density at radius 2 is 1.91 bits per heavy atom. The number of hydrogen-bond donors (Lipinski definition) is 2. The summed E-state index contributed by atoms with van der Waals surface area (Å²) in [6.07, 6.45) is 2.06. The molecule has 23 heavy (non-hydrogen) atoms. The lowest BCUT2D eigenvalue weighted by molar-refractivity contribution is 0.307. The fourth-order valence-corrected chi connectivity index (χ4v) is 2.94. The highest BCUT2D eigenvalue weighted by molar-refractivity contribution is 7.11. The van der Waals surface area contributed by atoms with Crippen molar-refractivity contribution in [2.24, 2.45) is 4.99 Å². The number of thiophene rings is 1. The van der Waals surface area contributed by atoms with Gasteiger partial charge in [0.15, 0.2) is 5.96 Å². The highest BCUT2D eigenvalue weighted by Crippen LogP contribution is 2.14. The van der Waals surface area contributed by atoms with Crippen molar-refractivity contribution in [3.63, 3.8) is 0 Å². The molecule has 0 radical (unpaired) electrons. The zero-order valence-electron chi connectivity index (χ0n) is 13.8. The third-order valence-corrected chi connectivity index (χ3v) is 4.33. The van der Waals surface area contributed by atoms with E-state index in [1.165, 1.54) is 9.75 Å². The van der Waals surface area contributed by atoms with Crippen molar-refractivity contribution in [2.45, 2.75) is 26.3 Å². The van der Waals surface area contributed by atoms with Gasteiger partial charge in [-0.2, -0.15) is 0 Å². The molecular weight excluding hydrogens is 306 g/mol. The van der Waals surface area contributed by atoms with Gasteiger partial charge >= 0.3 is 0 Å². The molecule has 2 N–H and O–H groups in total. The maximum Gasteiger partial charge on any atom is 0.191 e. The molecule has 1 heterocycles. The molecule has 0 saturated heterocycles. The van der Waals surface area contributed by atoms with Crippen molar-refractivity contribution in [3.8, 4) is 5.75 Å². The van der Waals surface area contributed by atoms with Crippen LogP contribution in [0.4, 0.5) is 0 Å². The van der Waals surface area contributed by atoms with Crippen LogP contribution >= 0.6 is 11.3 Å². The van der Waals surface area contributed by atoms with Crippen LogP contribution in [0.1, 0.15) is 22.6 Å². The van der Waals surface area contributed by atoms with E-state index in [4.69, 9.17) is 4.74 Å². The summed E-state index contributed by atoms with van der Waals surface area (Å²) < 4.78 is 5.67. The number of aryl methyl sites for hydroxylation is 1. The summed E-state index contributed by atoms with van der Waals surface area (Å²) >= 11 is 1.81. The first-order valence-corrected chi connectivity index (χ1v) is 8.77. The molecule has 4 nitrogen and oxygen atoms in total. The number of aliphatic imine (C=N–C) groups is 1. The standard InChI is InChI=1S/C18H25N3OS/c1-15-10-11-17(23-15)14-21-18(19-2)20-12-6-7-13-22-16-8-4-3-5-9-16/h3-5,8-11H,6-7,12-14H2,1-2H3,(H2,19,20,21). The first kappa shape index (κ1) is 17.3. The molecule has 0 aliphatic heterocycles. The molecule has 0 fully saturated rings. The van der Waals surface area contributed by atoms with Gasteiger partial charge in [0.25, 0.3) is 0 Å². The number of nitrogens with zero attached hydrogens (tertiary/aromatic N) is 1. The topological polar surface area (TPSA) is 45.7 Å². The molecule has 0 amide bonds. The number of para-hydroxylation sites is 1. The predicted molar refractivity (Wildman–Crippen MR) is 98.4 cm³/mol. The van der Waals surface area contributed by atoms with Gasteiger partial charge in [0.05, 0.1) is 13.2 Å². The SMILES string of the molecule is CN=C(NCCCCOc1ccccc1)NCc1ccc(C)s1. The summed E-state index contributed by atoms with van der Waals surface area (Å²) in [6, 6.07) is 14.2. The third-order valence-electron chi connectivity index (χ3n) is 3.33. The van der Waals surface area contributed by atoms with Gasteiger partial charge in [0.1, 0.15) is 5.75 Å². The Kier molecular flexibility index (Phi) is 7.46.